The molecule has 116 valence electrons. The molecule has 1 N–H and O–H groups in total. The first kappa shape index (κ1) is 14.6. The number of benzene rings is 1. The highest BCUT2D eigenvalue weighted by molar-refractivity contribution is 5.93. The Kier molecular flexibility index (Phi) is 4.23. The van der Waals surface area contributed by atoms with Crippen LogP contribution in [0.2, 0.25) is 0 Å². The maximum atomic E-state index is 11.8. The van der Waals surface area contributed by atoms with Crippen LogP contribution in [0.4, 0.5) is 0 Å². The Labute approximate surface area is 131 Å². The van der Waals surface area contributed by atoms with Crippen LogP contribution in [-0.2, 0) is 4.74 Å². The number of carbonyl (C=O) groups is 1. The second-order valence-electron chi connectivity index (χ2n) is 4.40. The first-order valence-corrected chi connectivity index (χ1v) is 6.91. The average Bonchev–Trinajstić information content (AvgIpc) is 3.06. The molecule has 8 nitrogen and oxygen atoms in total. The summed E-state index contributed by atoms with van der Waals surface area (Å²) in [6.07, 6.45) is 3.19. The van der Waals surface area contributed by atoms with E-state index in [1.807, 2.05) is 0 Å². The molecule has 0 saturated heterocycles. The van der Waals surface area contributed by atoms with E-state index in [1.165, 1.54) is 0 Å². The zero-order valence-corrected chi connectivity index (χ0v) is 12.3. The summed E-state index contributed by atoms with van der Waals surface area (Å²) in [7, 11) is 0. The molecule has 0 radical (unpaired) electrons. The summed E-state index contributed by atoms with van der Waals surface area (Å²) in [4.78, 5) is 19.8. The molecule has 2 aromatic heterocycles. The Hall–Kier alpha value is -3.29. The molecular formula is C15H13N5O3. The van der Waals surface area contributed by atoms with Gasteiger partial charge in [0.1, 0.15) is 11.4 Å². The minimum Gasteiger partial charge on any atom is -0.461 e. The second-order valence-corrected chi connectivity index (χ2v) is 4.40. The van der Waals surface area contributed by atoms with E-state index in [0.717, 1.165) is 0 Å². The summed E-state index contributed by atoms with van der Waals surface area (Å²) in [5.74, 6) is 0.0513. The van der Waals surface area contributed by atoms with Gasteiger partial charge in [-0.15, -0.1) is 5.10 Å². The quantitative estimate of drug-likeness (QED) is 0.720. The molecule has 3 aromatic rings. The van der Waals surface area contributed by atoms with Crippen LogP contribution in [-0.4, -0.2) is 38.0 Å². The molecular weight excluding hydrogens is 298 g/mol. The molecule has 0 spiro atoms. The van der Waals surface area contributed by atoms with E-state index in [0.29, 0.717) is 17.0 Å². The molecule has 0 bridgehead atoms. The number of nitrogens with zero attached hydrogens (tertiary/aromatic N) is 4. The normalized spacial score (nSPS) is 10.3. The van der Waals surface area contributed by atoms with Gasteiger partial charge in [0.15, 0.2) is 5.69 Å². The number of carbonyl (C=O) groups excluding carboxylic acids is 1. The Morgan fingerprint density at radius 2 is 1.87 bits per heavy atom. The minimum absolute atomic E-state index is 0.145. The monoisotopic (exact) mass is 311 g/mol. The third kappa shape index (κ3) is 3.31. The van der Waals surface area contributed by atoms with E-state index >= 15 is 0 Å². The van der Waals surface area contributed by atoms with Gasteiger partial charge in [0.05, 0.1) is 6.61 Å². The summed E-state index contributed by atoms with van der Waals surface area (Å²) in [5.41, 5.74) is 1.28. The largest absolute Gasteiger partial charge is 0.461 e. The summed E-state index contributed by atoms with van der Waals surface area (Å²) < 4.78 is 10.5. The smallest absolute Gasteiger partial charge is 0.361 e. The van der Waals surface area contributed by atoms with Crippen molar-refractivity contribution in [2.75, 3.05) is 6.61 Å². The molecule has 0 fully saturated rings. The number of rotatable bonds is 5. The van der Waals surface area contributed by atoms with E-state index in [1.54, 1.807) is 49.6 Å². The van der Waals surface area contributed by atoms with Gasteiger partial charge in [-0.2, -0.15) is 10.3 Å². The highest BCUT2D eigenvalue weighted by atomic mass is 16.5. The lowest BCUT2D eigenvalue weighted by Crippen LogP contribution is -2.06. The molecule has 23 heavy (non-hydrogen) atoms. The van der Waals surface area contributed by atoms with Crippen LogP contribution in [0.3, 0.4) is 0 Å². The average molecular weight is 311 g/mol. The second kappa shape index (κ2) is 6.65. The van der Waals surface area contributed by atoms with Crippen LogP contribution in [0.5, 0.6) is 11.8 Å². The fourth-order valence-electron chi connectivity index (χ4n) is 1.90. The van der Waals surface area contributed by atoms with Crippen molar-refractivity contribution in [2.24, 2.45) is 0 Å². The van der Waals surface area contributed by atoms with Gasteiger partial charge in [-0.1, -0.05) is 0 Å². The van der Waals surface area contributed by atoms with E-state index in [4.69, 9.17) is 9.47 Å². The standard InChI is InChI=1S/C15H13N5O3/c1-2-22-14(21)13-12(18-20-19-13)10-4-6-11(7-5-10)23-15-16-8-3-9-17-15/h3-9H,2H2,1H3,(H,18,19,20). The third-order valence-electron chi connectivity index (χ3n) is 2.90. The first-order valence-electron chi connectivity index (χ1n) is 6.91. The van der Waals surface area contributed by atoms with E-state index in [9.17, 15) is 4.79 Å². The van der Waals surface area contributed by atoms with Crippen molar-refractivity contribution in [2.45, 2.75) is 6.92 Å². The highest BCUT2D eigenvalue weighted by Gasteiger charge is 2.18. The number of hydrogen-bond acceptors (Lipinski definition) is 7. The molecule has 2 heterocycles. The Balaban J connectivity index is 1.80. The van der Waals surface area contributed by atoms with Crippen molar-refractivity contribution in [3.63, 3.8) is 0 Å². The molecule has 0 atom stereocenters. The predicted octanol–water partition coefficient (Wildman–Crippen LogP) is 2.23. The number of aromatic nitrogens is 5. The topological polar surface area (TPSA) is 103 Å². The van der Waals surface area contributed by atoms with E-state index in [2.05, 4.69) is 25.4 Å². The fraction of sp³-hybridized carbons (Fsp3) is 0.133. The van der Waals surface area contributed by atoms with Crippen LogP contribution < -0.4 is 4.74 Å². The van der Waals surface area contributed by atoms with Crippen LogP contribution in [0.15, 0.2) is 42.7 Å². The van der Waals surface area contributed by atoms with E-state index < -0.39 is 5.97 Å². The summed E-state index contributed by atoms with van der Waals surface area (Å²) in [5, 5.41) is 10.3. The van der Waals surface area contributed by atoms with E-state index in [-0.39, 0.29) is 18.3 Å². The number of esters is 1. The maximum absolute atomic E-state index is 11.8. The van der Waals surface area contributed by atoms with Crippen LogP contribution in [0, 0.1) is 0 Å². The zero-order valence-electron chi connectivity index (χ0n) is 12.3. The summed E-state index contributed by atoms with van der Waals surface area (Å²) in [6.45, 7) is 2.00. The first-order chi connectivity index (χ1) is 11.3. The van der Waals surface area contributed by atoms with Gasteiger partial charge in [-0.3, -0.25) is 0 Å². The van der Waals surface area contributed by atoms with Gasteiger partial charge < -0.3 is 9.47 Å². The van der Waals surface area contributed by atoms with Crippen molar-refractivity contribution in [3.05, 3.63) is 48.4 Å². The number of hydrogen-bond donors (Lipinski definition) is 1. The van der Waals surface area contributed by atoms with Gasteiger partial charge >= 0.3 is 12.0 Å². The molecule has 0 amide bonds. The van der Waals surface area contributed by atoms with Crippen molar-refractivity contribution in [3.8, 4) is 23.0 Å². The zero-order chi connectivity index (χ0) is 16.1. The molecule has 1 aromatic carbocycles. The summed E-state index contributed by atoms with van der Waals surface area (Å²) >= 11 is 0. The van der Waals surface area contributed by atoms with Gasteiger partial charge in [-0.25, -0.2) is 14.8 Å². The molecule has 0 aliphatic rings. The van der Waals surface area contributed by atoms with Crippen molar-refractivity contribution in [1.29, 1.82) is 0 Å². The van der Waals surface area contributed by atoms with Gasteiger partial charge in [-0.05, 0) is 37.3 Å². The van der Waals surface area contributed by atoms with Crippen molar-refractivity contribution < 1.29 is 14.3 Å². The van der Waals surface area contributed by atoms with Crippen molar-refractivity contribution >= 4 is 5.97 Å². The molecule has 3 rings (SSSR count). The minimum atomic E-state index is -0.519. The highest BCUT2D eigenvalue weighted by Crippen LogP contribution is 2.24. The van der Waals surface area contributed by atoms with Gasteiger partial charge in [0.25, 0.3) is 0 Å². The number of H-pyrrole nitrogens is 1. The SMILES string of the molecule is CCOC(=O)c1n[nH]nc1-c1ccc(Oc2ncccn2)cc1. The third-order valence-corrected chi connectivity index (χ3v) is 2.90. The fourth-order valence-corrected chi connectivity index (χ4v) is 1.90. The molecule has 0 aliphatic heterocycles. The molecule has 0 saturated carbocycles. The lowest BCUT2D eigenvalue weighted by Gasteiger charge is -2.04. The van der Waals surface area contributed by atoms with Gasteiger partial charge in [0, 0.05) is 18.0 Å². The Morgan fingerprint density at radius 1 is 1.13 bits per heavy atom. The summed E-state index contributed by atoms with van der Waals surface area (Å²) in [6, 6.07) is 8.95. The Morgan fingerprint density at radius 3 is 2.57 bits per heavy atom. The van der Waals surface area contributed by atoms with Gasteiger partial charge in [0.2, 0.25) is 0 Å². The molecule has 0 unspecified atom stereocenters. The molecule has 8 heteroatoms. The number of nitrogens with one attached hydrogen (secondary N) is 1. The Bertz CT molecular complexity index is 786. The van der Waals surface area contributed by atoms with Crippen molar-refractivity contribution in [1.82, 2.24) is 25.4 Å². The van der Waals surface area contributed by atoms with Crippen LogP contribution in [0.25, 0.3) is 11.3 Å². The van der Waals surface area contributed by atoms with Crippen LogP contribution in [0.1, 0.15) is 17.4 Å². The predicted molar refractivity (Wildman–Crippen MR) is 79.9 cm³/mol. The lowest BCUT2D eigenvalue weighted by atomic mass is 10.1. The number of ether oxygens (including phenoxy) is 2. The molecule has 0 aliphatic carbocycles. The lowest BCUT2D eigenvalue weighted by molar-refractivity contribution is 0.0520. The maximum Gasteiger partial charge on any atom is 0.361 e. The number of aromatic amines is 1. The van der Waals surface area contributed by atoms with Crippen LogP contribution >= 0.6 is 0 Å².